The largest absolute Gasteiger partial charge is 0.395 e. The van der Waals surface area contributed by atoms with E-state index in [1.54, 1.807) is 0 Å². The smallest absolute Gasteiger partial charge is 0.0586 e. The van der Waals surface area contributed by atoms with Crippen molar-refractivity contribution in [2.75, 3.05) is 19.7 Å². The highest BCUT2D eigenvalue weighted by atomic mass is 16.3. The number of aliphatic hydroxyl groups excluding tert-OH is 1. The second-order valence-corrected chi connectivity index (χ2v) is 4.40. The van der Waals surface area contributed by atoms with Gasteiger partial charge < -0.3 is 5.11 Å². The van der Waals surface area contributed by atoms with Crippen LogP contribution >= 0.6 is 0 Å². The Morgan fingerprint density at radius 1 is 1.54 bits per heavy atom. The molecule has 13 heavy (non-hydrogen) atoms. The molecule has 2 bridgehead atoms. The molecule has 2 heteroatoms. The number of hydrogen-bond acceptors (Lipinski definition) is 2. The number of rotatable bonds is 3. The van der Waals surface area contributed by atoms with Gasteiger partial charge in [0, 0.05) is 12.6 Å². The number of hydrogen-bond donors (Lipinski definition) is 1. The first-order valence-corrected chi connectivity index (χ1v) is 5.31. The van der Waals surface area contributed by atoms with Gasteiger partial charge in [-0.1, -0.05) is 6.08 Å². The van der Waals surface area contributed by atoms with E-state index in [0.29, 0.717) is 12.6 Å². The molecule has 0 spiro atoms. The Balaban J connectivity index is 1.98. The van der Waals surface area contributed by atoms with E-state index in [1.807, 2.05) is 6.08 Å². The monoisotopic (exact) mass is 181 g/mol. The molecule has 1 unspecified atom stereocenters. The number of allylic oxidation sites excluding steroid dienone is 1. The summed E-state index contributed by atoms with van der Waals surface area (Å²) in [5.74, 6) is 1.66. The third-order valence-electron chi connectivity index (χ3n) is 3.69. The summed E-state index contributed by atoms with van der Waals surface area (Å²) < 4.78 is 0. The summed E-state index contributed by atoms with van der Waals surface area (Å²) >= 11 is 0. The van der Waals surface area contributed by atoms with Crippen molar-refractivity contribution >= 4 is 0 Å². The molecule has 0 aliphatic carbocycles. The molecule has 0 saturated carbocycles. The van der Waals surface area contributed by atoms with Crippen LogP contribution in [-0.4, -0.2) is 35.7 Å². The zero-order valence-corrected chi connectivity index (χ0v) is 8.15. The van der Waals surface area contributed by atoms with E-state index < -0.39 is 0 Å². The molecule has 3 rings (SSSR count). The standard InChI is InChI=1S/C11H19NO/c1-2-3-10-7-12-5-4-9(10)6-11(12)8-13/h2,9-11,13H,1,3-8H2/t9-,10-,11+/m0/s1. The van der Waals surface area contributed by atoms with Gasteiger partial charge in [0.1, 0.15) is 0 Å². The summed E-state index contributed by atoms with van der Waals surface area (Å²) in [5.41, 5.74) is 0. The minimum absolute atomic E-state index is 0.345. The molecule has 3 fully saturated rings. The summed E-state index contributed by atoms with van der Waals surface area (Å²) in [5, 5.41) is 9.17. The molecule has 2 nitrogen and oxygen atoms in total. The Hall–Kier alpha value is -0.340. The van der Waals surface area contributed by atoms with Crippen LogP contribution in [-0.2, 0) is 0 Å². The Labute approximate surface area is 80.2 Å². The van der Waals surface area contributed by atoms with Gasteiger partial charge in [-0.05, 0) is 37.6 Å². The SMILES string of the molecule is C=CC[C@H]1CN2CC[C@H]1C[C@@H]2CO. The maximum absolute atomic E-state index is 9.17. The minimum atomic E-state index is 0.345. The summed E-state index contributed by atoms with van der Waals surface area (Å²) in [6.07, 6.45) is 5.73. The third kappa shape index (κ3) is 1.65. The lowest BCUT2D eigenvalue weighted by Gasteiger charge is -2.49. The predicted octanol–water partition coefficient (Wildman–Crippen LogP) is 1.27. The van der Waals surface area contributed by atoms with Crippen LogP contribution in [0.15, 0.2) is 12.7 Å². The van der Waals surface area contributed by atoms with Crippen LogP contribution in [0.2, 0.25) is 0 Å². The van der Waals surface area contributed by atoms with Crippen LogP contribution in [0.5, 0.6) is 0 Å². The number of aliphatic hydroxyl groups is 1. The molecular formula is C11H19NO. The van der Waals surface area contributed by atoms with E-state index >= 15 is 0 Å². The predicted molar refractivity (Wildman–Crippen MR) is 53.5 cm³/mol. The van der Waals surface area contributed by atoms with Crippen LogP contribution in [0, 0.1) is 11.8 Å². The third-order valence-corrected chi connectivity index (χ3v) is 3.69. The Kier molecular flexibility index (Phi) is 2.70. The summed E-state index contributed by atoms with van der Waals surface area (Å²) in [4.78, 5) is 2.45. The molecule has 3 aliphatic heterocycles. The van der Waals surface area contributed by atoms with Gasteiger partial charge >= 0.3 is 0 Å². The lowest BCUT2D eigenvalue weighted by molar-refractivity contribution is -0.0199. The molecule has 3 saturated heterocycles. The van der Waals surface area contributed by atoms with Crippen molar-refractivity contribution in [3.05, 3.63) is 12.7 Å². The summed E-state index contributed by atoms with van der Waals surface area (Å²) in [6, 6.07) is 0.458. The van der Waals surface area contributed by atoms with E-state index in [4.69, 9.17) is 5.11 Å². The average molecular weight is 181 g/mol. The number of nitrogens with zero attached hydrogens (tertiary/aromatic N) is 1. The fraction of sp³-hybridized carbons (Fsp3) is 0.818. The van der Waals surface area contributed by atoms with Crippen molar-refractivity contribution in [2.24, 2.45) is 11.8 Å². The molecule has 0 amide bonds. The highest BCUT2D eigenvalue weighted by Gasteiger charge is 2.38. The van der Waals surface area contributed by atoms with E-state index in [0.717, 1.165) is 18.3 Å². The fourth-order valence-corrected chi connectivity index (χ4v) is 2.92. The van der Waals surface area contributed by atoms with E-state index in [1.165, 1.54) is 25.9 Å². The van der Waals surface area contributed by atoms with Gasteiger partial charge in [0.2, 0.25) is 0 Å². The van der Waals surface area contributed by atoms with Gasteiger partial charge in [0.05, 0.1) is 6.61 Å². The molecule has 3 aliphatic rings. The van der Waals surface area contributed by atoms with Gasteiger partial charge in [-0.25, -0.2) is 0 Å². The molecule has 0 radical (unpaired) electrons. The molecule has 0 aromatic carbocycles. The quantitative estimate of drug-likeness (QED) is 0.663. The topological polar surface area (TPSA) is 23.5 Å². The molecule has 1 N–H and O–H groups in total. The Morgan fingerprint density at radius 3 is 2.92 bits per heavy atom. The second kappa shape index (κ2) is 3.81. The lowest BCUT2D eigenvalue weighted by Crippen LogP contribution is -2.54. The van der Waals surface area contributed by atoms with Gasteiger partial charge in [0.15, 0.2) is 0 Å². The van der Waals surface area contributed by atoms with Crippen molar-refractivity contribution < 1.29 is 5.11 Å². The lowest BCUT2D eigenvalue weighted by atomic mass is 9.74. The van der Waals surface area contributed by atoms with Crippen molar-refractivity contribution in [1.82, 2.24) is 4.90 Å². The zero-order chi connectivity index (χ0) is 9.26. The van der Waals surface area contributed by atoms with Crippen LogP contribution < -0.4 is 0 Å². The van der Waals surface area contributed by atoms with Gasteiger partial charge in [-0.2, -0.15) is 0 Å². The molecule has 3 heterocycles. The van der Waals surface area contributed by atoms with Crippen molar-refractivity contribution in [2.45, 2.75) is 25.3 Å². The maximum Gasteiger partial charge on any atom is 0.0586 e. The second-order valence-electron chi connectivity index (χ2n) is 4.40. The van der Waals surface area contributed by atoms with E-state index in [-0.39, 0.29) is 0 Å². The van der Waals surface area contributed by atoms with Crippen LogP contribution in [0.1, 0.15) is 19.3 Å². The van der Waals surface area contributed by atoms with Crippen molar-refractivity contribution in [3.8, 4) is 0 Å². The molecule has 4 atom stereocenters. The van der Waals surface area contributed by atoms with Crippen LogP contribution in [0.4, 0.5) is 0 Å². The zero-order valence-electron chi connectivity index (χ0n) is 8.15. The minimum Gasteiger partial charge on any atom is -0.395 e. The first-order valence-electron chi connectivity index (χ1n) is 5.31. The molecule has 74 valence electrons. The van der Waals surface area contributed by atoms with Crippen LogP contribution in [0.3, 0.4) is 0 Å². The van der Waals surface area contributed by atoms with E-state index in [9.17, 15) is 0 Å². The summed E-state index contributed by atoms with van der Waals surface area (Å²) in [6.45, 7) is 6.53. The normalized spacial score (nSPS) is 43.5. The van der Waals surface area contributed by atoms with Gasteiger partial charge in [-0.15, -0.1) is 6.58 Å². The Bertz CT molecular complexity index is 193. The summed E-state index contributed by atoms with van der Waals surface area (Å²) in [7, 11) is 0. The van der Waals surface area contributed by atoms with Crippen molar-refractivity contribution in [1.29, 1.82) is 0 Å². The first kappa shape index (κ1) is 9.22. The maximum atomic E-state index is 9.17. The fourth-order valence-electron chi connectivity index (χ4n) is 2.92. The van der Waals surface area contributed by atoms with Gasteiger partial charge in [-0.3, -0.25) is 4.90 Å². The highest BCUT2D eigenvalue weighted by molar-refractivity contribution is 4.94. The Morgan fingerprint density at radius 2 is 2.38 bits per heavy atom. The number of fused-ring (bicyclic) bond motifs is 3. The first-order chi connectivity index (χ1) is 6.35. The molecule has 0 aromatic heterocycles. The van der Waals surface area contributed by atoms with Crippen LogP contribution in [0.25, 0.3) is 0 Å². The molecule has 0 aromatic rings. The molecular weight excluding hydrogens is 162 g/mol. The number of piperidine rings is 3. The van der Waals surface area contributed by atoms with E-state index in [2.05, 4.69) is 11.5 Å². The highest BCUT2D eigenvalue weighted by Crippen LogP contribution is 2.37. The van der Waals surface area contributed by atoms with Crippen molar-refractivity contribution in [3.63, 3.8) is 0 Å². The van der Waals surface area contributed by atoms with Gasteiger partial charge in [0.25, 0.3) is 0 Å². The average Bonchev–Trinajstić information content (AvgIpc) is 2.19.